The van der Waals surface area contributed by atoms with E-state index in [-0.39, 0.29) is 23.6 Å². The zero-order valence-electron chi connectivity index (χ0n) is 15.3. The van der Waals surface area contributed by atoms with Crippen molar-refractivity contribution in [2.75, 3.05) is 24.2 Å². The fourth-order valence-corrected chi connectivity index (χ4v) is 4.49. The SMILES string of the molecule is CCCCS(=O)(=O)NC1CCN(C(=O)c2cccc(NC(C)=O)c2)CC1. The van der Waals surface area contributed by atoms with E-state index in [9.17, 15) is 18.0 Å². The predicted molar refractivity (Wildman–Crippen MR) is 102 cm³/mol. The van der Waals surface area contributed by atoms with Gasteiger partial charge in [0.05, 0.1) is 5.75 Å². The maximum Gasteiger partial charge on any atom is 0.253 e. The van der Waals surface area contributed by atoms with Gasteiger partial charge >= 0.3 is 0 Å². The Balaban J connectivity index is 1.91. The Morgan fingerprint density at radius 1 is 1.23 bits per heavy atom. The van der Waals surface area contributed by atoms with E-state index in [0.29, 0.717) is 43.6 Å². The fourth-order valence-electron chi connectivity index (χ4n) is 2.96. The summed E-state index contributed by atoms with van der Waals surface area (Å²) in [4.78, 5) is 25.5. The number of nitrogens with one attached hydrogen (secondary N) is 2. The number of carbonyl (C=O) groups is 2. The number of hydrogen-bond acceptors (Lipinski definition) is 4. The molecule has 1 aliphatic rings. The summed E-state index contributed by atoms with van der Waals surface area (Å²) in [5.41, 5.74) is 1.10. The minimum Gasteiger partial charge on any atom is -0.339 e. The summed E-state index contributed by atoms with van der Waals surface area (Å²) in [7, 11) is -3.24. The van der Waals surface area contributed by atoms with Crippen LogP contribution in [0.5, 0.6) is 0 Å². The van der Waals surface area contributed by atoms with Gasteiger partial charge in [-0.05, 0) is 37.5 Å². The summed E-state index contributed by atoms with van der Waals surface area (Å²) < 4.78 is 26.7. The number of anilines is 1. The minimum atomic E-state index is -3.24. The van der Waals surface area contributed by atoms with Crippen LogP contribution in [0.25, 0.3) is 0 Å². The number of amides is 2. The van der Waals surface area contributed by atoms with Gasteiger partial charge in [-0.1, -0.05) is 19.4 Å². The standard InChI is InChI=1S/C18H27N3O4S/c1-3-4-12-26(24,25)20-16-8-10-21(11-9-16)18(23)15-6-5-7-17(13-15)19-14(2)22/h5-7,13,16,20H,3-4,8-12H2,1-2H3,(H,19,22). The highest BCUT2D eigenvalue weighted by atomic mass is 32.2. The van der Waals surface area contributed by atoms with E-state index in [1.807, 2.05) is 6.92 Å². The lowest BCUT2D eigenvalue weighted by Crippen LogP contribution is -2.47. The Morgan fingerprint density at radius 2 is 1.92 bits per heavy atom. The summed E-state index contributed by atoms with van der Waals surface area (Å²) >= 11 is 0. The third kappa shape index (κ3) is 6.10. The van der Waals surface area contributed by atoms with Crippen LogP contribution in [-0.2, 0) is 14.8 Å². The van der Waals surface area contributed by atoms with Crippen molar-refractivity contribution in [3.63, 3.8) is 0 Å². The van der Waals surface area contributed by atoms with Crippen LogP contribution in [0, 0.1) is 0 Å². The molecule has 8 heteroatoms. The Morgan fingerprint density at radius 3 is 2.54 bits per heavy atom. The van der Waals surface area contributed by atoms with Crippen LogP contribution in [0.3, 0.4) is 0 Å². The average Bonchev–Trinajstić information content (AvgIpc) is 2.59. The third-order valence-corrected chi connectivity index (χ3v) is 5.84. The molecule has 0 unspecified atom stereocenters. The topological polar surface area (TPSA) is 95.6 Å². The smallest absolute Gasteiger partial charge is 0.253 e. The molecule has 0 saturated carbocycles. The van der Waals surface area contributed by atoms with Gasteiger partial charge in [-0.25, -0.2) is 13.1 Å². The number of likely N-dealkylation sites (tertiary alicyclic amines) is 1. The molecule has 2 rings (SSSR count). The number of benzene rings is 1. The minimum absolute atomic E-state index is 0.107. The van der Waals surface area contributed by atoms with Crippen molar-refractivity contribution in [1.29, 1.82) is 0 Å². The first kappa shape index (κ1) is 20.4. The number of unbranched alkanes of at least 4 members (excludes halogenated alkanes) is 1. The molecular formula is C18H27N3O4S. The van der Waals surface area contributed by atoms with Crippen LogP contribution >= 0.6 is 0 Å². The number of nitrogens with zero attached hydrogens (tertiary/aromatic N) is 1. The van der Waals surface area contributed by atoms with Crippen LogP contribution in [0.15, 0.2) is 24.3 Å². The highest BCUT2D eigenvalue weighted by Gasteiger charge is 2.26. The summed E-state index contributed by atoms with van der Waals surface area (Å²) in [5.74, 6) is -0.145. The maximum atomic E-state index is 12.6. The number of sulfonamides is 1. The van der Waals surface area contributed by atoms with Crippen molar-refractivity contribution in [3.05, 3.63) is 29.8 Å². The van der Waals surface area contributed by atoms with Crippen LogP contribution in [0.4, 0.5) is 5.69 Å². The van der Waals surface area contributed by atoms with Gasteiger partial charge in [0, 0.05) is 37.3 Å². The first-order valence-electron chi connectivity index (χ1n) is 8.97. The zero-order chi connectivity index (χ0) is 19.2. The van der Waals surface area contributed by atoms with Gasteiger partial charge in [0.15, 0.2) is 0 Å². The Hall–Kier alpha value is -1.93. The second-order valence-electron chi connectivity index (χ2n) is 6.62. The van der Waals surface area contributed by atoms with Crippen molar-refractivity contribution in [2.45, 2.75) is 45.6 Å². The maximum absolute atomic E-state index is 12.6. The molecule has 0 spiro atoms. The van der Waals surface area contributed by atoms with Crippen molar-refractivity contribution in [2.24, 2.45) is 0 Å². The van der Waals surface area contributed by atoms with Gasteiger partial charge in [0.25, 0.3) is 5.91 Å². The average molecular weight is 381 g/mol. The first-order chi connectivity index (χ1) is 12.3. The second-order valence-corrected chi connectivity index (χ2v) is 8.49. The molecule has 1 saturated heterocycles. The molecule has 0 atom stereocenters. The van der Waals surface area contributed by atoms with E-state index in [1.54, 1.807) is 29.2 Å². The quantitative estimate of drug-likeness (QED) is 0.755. The molecular weight excluding hydrogens is 354 g/mol. The van der Waals surface area contributed by atoms with E-state index < -0.39 is 10.0 Å². The molecule has 2 amide bonds. The lowest BCUT2D eigenvalue weighted by atomic mass is 10.0. The van der Waals surface area contributed by atoms with E-state index in [2.05, 4.69) is 10.0 Å². The van der Waals surface area contributed by atoms with Crippen molar-refractivity contribution >= 4 is 27.5 Å². The summed E-state index contributed by atoms with van der Waals surface area (Å²) in [6.07, 6.45) is 2.69. The van der Waals surface area contributed by atoms with Crippen LogP contribution < -0.4 is 10.0 Å². The van der Waals surface area contributed by atoms with Crippen LogP contribution in [0.2, 0.25) is 0 Å². The van der Waals surface area contributed by atoms with Gasteiger partial charge in [-0.2, -0.15) is 0 Å². The van der Waals surface area contributed by atoms with Crippen molar-refractivity contribution < 1.29 is 18.0 Å². The van der Waals surface area contributed by atoms with Crippen LogP contribution in [-0.4, -0.2) is 50.0 Å². The lowest BCUT2D eigenvalue weighted by Gasteiger charge is -2.32. The Bertz CT molecular complexity index is 741. The van der Waals surface area contributed by atoms with E-state index in [4.69, 9.17) is 0 Å². The molecule has 0 aliphatic carbocycles. The summed E-state index contributed by atoms with van der Waals surface area (Å²) in [6.45, 7) is 4.38. The van der Waals surface area contributed by atoms with Crippen molar-refractivity contribution in [3.8, 4) is 0 Å². The molecule has 1 aromatic rings. The zero-order valence-corrected chi connectivity index (χ0v) is 16.1. The van der Waals surface area contributed by atoms with E-state index in [1.165, 1.54) is 6.92 Å². The molecule has 1 aliphatic heterocycles. The second kappa shape index (κ2) is 9.14. The van der Waals surface area contributed by atoms with Gasteiger partial charge in [-0.15, -0.1) is 0 Å². The van der Waals surface area contributed by atoms with Crippen molar-refractivity contribution in [1.82, 2.24) is 9.62 Å². The molecule has 7 nitrogen and oxygen atoms in total. The molecule has 1 aromatic carbocycles. The summed E-state index contributed by atoms with van der Waals surface area (Å²) in [5, 5.41) is 2.67. The normalized spacial score (nSPS) is 15.7. The Kier molecular flexibility index (Phi) is 7.16. The van der Waals surface area contributed by atoms with Gasteiger partial charge in [0.2, 0.25) is 15.9 Å². The molecule has 0 radical (unpaired) electrons. The summed E-state index contributed by atoms with van der Waals surface area (Å²) in [6, 6.07) is 6.71. The van der Waals surface area contributed by atoms with Gasteiger partial charge < -0.3 is 10.2 Å². The lowest BCUT2D eigenvalue weighted by molar-refractivity contribution is -0.114. The molecule has 0 aromatic heterocycles. The van der Waals surface area contributed by atoms with Gasteiger partial charge in [-0.3, -0.25) is 9.59 Å². The predicted octanol–water partition coefficient (Wildman–Crippen LogP) is 1.97. The first-order valence-corrected chi connectivity index (χ1v) is 10.6. The largest absolute Gasteiger partial charge is 0.339 e. The third-order valence-electron chi connectivity index (χ3n) is 4.32. The van der Waals surface area contributed by atoms with E-state index >= 15 is 0 Å². The molecule has 0 bridgehead atoms. The highest BCUT2D eigenvalue weighted by molar-refractivity contribution is 7.89. The molecule has 26 heavy (non-hydrogen) atoms. The fraction of sp³-hybridized carbons (Fsp3) is 0.556. The molecule has 2 N–H and O–H groups in total. The number of piperidine rings is 1. The van der Waals surface area contributed by atoms with Gasteiger partial charge in [0.1, 0.15) is 0 Å². The number of hydrogen-bond donors (Lipinski definition) is 2. The number of rotatable bonds is 7. The molecule has 1 fully saturated rings. The highest BCUT2D eigenvalue weighted by Crippen LogP contribution is 2.17. The molecule has 1 heterocycles. The number of carbonyl (C=O) groups excluding carboxylic acids is 2. The van der Waals surface area contributed by atoms with E-state index in [0.717, 1.165) is 6.42 Å². The van der Waals surface area contributed by atoms with Crippen LogP contribution in [0.1, 0.15) is 49.9 Å². The molecule has 144 valence electrons. The Labute approximate surface area is 155 Å². The monoisotopic (exact) mass is 381 g/mol.